The molecule has 2 heterocycles. The van der Waals surface area contributed by atoms with Gasteiger partial charge in [-0.25, -0.2) is 0 Å². The molecule has 1 aliphatic heterocycles. The lowest BCUT2D eigenvalue weighted by molar-refractivity contribution is -0.116. The SMILES string of the molecule is CCOCc1nnc(NC(=O)CN2C(=O)c3ccccc3C2=O)s1. The second-order valence-electron chi connectivity index (χ2n) is 4.93. The fourth-order valence-corrected chi connectivity index (χ4v) is 2.93. The zero-order valence-corrected chi connectivity index (χ0v) is 13.6. The Hall–Kier alpha value is -2.65. The number of benzene rings is 1. The van der Waals surface area contributed by atoms with Gasteiger partial charge in [0.2, 0.25) is 11.0 Å². The van der Waals surface area contributed by atoms with Crippen molar-refractivity contribution in [2.24, 2.45) is 0 Å². The molecule has 1 aromatic carbocycles. The first-order valence-electron chi connectivity index (χ1n) is 7.25. The van der Waals surface area contributed by atoms with Gasteiger partial charge in [0.05, 0.1) is 11.1 Å². The zero-order valence-electron chi connectivity index (χ0n) is 12.8. The molecule has 1 N–H and O–H groups in total. The van der Waals surface area contributed by atoms with Crippen LogP contribution >= 0.6 is 11.3 Å². The first-order valence-corrected chi connectivity index (χ1v) is 8.07. The molecule has 0 saturated carbocycles. The maximum absolute atomic E-state index is 12.2. The Morgan fingerprint density at radius 2 is 1.88 bits per heavy atom. The molecule has 0 spiro atoms. The van der Waals surface area contributed by atoms with Crippen LogP contribution in [0.4, 0.5) is 5.13 Å². The molecule has 1 aromatic heterocycles. The van der Waals surface area contributed by atoms with E-state index >= 15 is 0 Å². The lowest BCUT2D eigenvalue weighted by Crippen LogP contribution is -2.37. The highest BCUT2D eigenvalue weighted by molar-refractivity contribution is 7.15. The van der Waals surface area contributed by atoms with Crippen LogP contribution in [0.25, 0.3) is 0 Å². The molecule has 2 aromatic rings. The number of anilines is 1. The van der Waals surface area contributed by atoms with E-state index < -0.39 is 17.7 Å². The van der Waals surface area contributed by atoms with E-state index in [-0.39, 0.29) is 6.54 Å². The van der Waals surface area contributed by atoms with Crippen molar-refractivity contribution in [1.82, 2.24) is 15.1 Å². The summed E-state index contributed by atoms with van der Waals surface area (Å²) in [5.41, 5.74) is 0.621. The molecular formula is C15H14N4O4S. The Kier molecular flexibility index (Phi) is 4.63. The Morgan fingerprint density at radius 1 is 1.21 bits per heavy atom. The third-order valence-electron chi connectivity index (χ3n) is 3.32. The number of carbonyl (C=O) groups is 3. The molecule has 0 bridgehead atoms. The molecule has 0 saturated heterocycles. The van der Waals surface area contributed by atoms with Crippen molar-refractivity contribution < 1.29 is 19.1 Å². The maximum Gasteiger partial charge on any atom is 0.262 e. The van der Waals surface area contributed by atoms with Crippen LogP contribution in [0.3, 0.4) is 0 Å². The number of fused-ring (bicyclic) bond motifs is 1. The van der Waals surface area contributed by atoms with E-state index in [1.807, 2.05) is 6.92 Å². The minimum absolute atomic E-state index is 0.298. The fraction of sp³-hybridized carbons (Fsp3) is 0.267. The molecule has 0 radical (unpaired) electrons. The number of hydrogen-bond acceptors (Lipinski definition) is 7. The average Bonchev–Trinajstić information content (AvgIpc) is 3.12. The van der Waals surface area contributed by atoms with Crippen LogP contribution in [0.2, 0.25) is 0 Å². The van der Waals surface area contributed by atoms with Crippen molar-refractivity contribution in [3.8, 4) is 0 Å². The highest BCUT2D eigenvalue weighted by Crippen LogP contribution is 2.22. The highest BCUT2D eigenvalue weighted by Gasteiger charge is 2.36. The monoisotopic (exact) mass is 346 g/mol. The summed E-state index contributed by atoms with van der Waals surface area (Å²) in [5.74, 6) is -1.45. The topological polar surface area (TPSA) is 101 Å². The summed E-state index contributed by atoms with van der Waals surface area (Å²) in [7, 11) is 0. The van der Waals surface area contributed by atoms with Gasteiger partial charge in [0.25, 0.3) is 11.8 Å². The van der Waals surface area contributed by atoms with Gasteiger partial charge in [-0.3, -0.25) is 24.6 Å². The standard InChI is InChI=1S/C15H14N4O4S/c1-2-23-8-12-17-18-15(24-12)16-11(20)7-19-13(21)9-5-3-4-6-10(9)14(19)22/h3-6H,2,7-8H2,1H3,(H,16,18,20). The molecule has 0 fully saturated rings. The first-order chi connectivity index (χ1) is 11.6. The molecule has 0 unspecified atom stereocenters. The summed E-state index contributed by atoms with van der Waals surface area (Å²) >= 11 is 1.18. The van der Waals surface area contributed by atoms with Crippen LogP contribution in [0, 0.1) is 0 Å². The molecule has 8 nitrogen and oxygen atoms in total. The van der Waals surface area contributed by atoms with E-state index in [0.717, 1.165) is 4.90 Å². The normalized spacial score (nSPS) is 13.3. The quantitative estimate of drug-likeness (QED) is 0.791. The summed E-state index contributed by atoms with van der Waals surface area (Å²) in [5, 5.41) is 11.2. The number of aromatic nitrogens is 2. The van der Waals surface area contributed by atoms with E-state index in [1.165, 1.54) is 11.3 Å². The van der Waals surface area contributed by atoms with E-state index in [9.17, 15) is 14.4 Å². The van der Waals surface area contributed by atoms with E-state index in [4.69, 9.17) is 4.74 Å². The minimum atomic E-state index is -0.511. The van der Waals surface area contributed by atoms with Crippen LogP contribution in [0.15, 0.2) is 24.3 Å². The number of hydrogen-bond donors (Lipinski definition) is 1. The van der Waals surface area contributed by atoms with Crippen molar-refractivity contribution in [2.45, 2.75) is 13.5 Å². The molecule has 1 aliphatic rings. The number of nitrogens with zero attached hydrogens (tertiary/aromatic N) is 3. The van der Waals surface area contributed by atoms with Crippen molar-refractivity contribution in [1.29, 1.82) is 0 Å². The Morgan fingerprint density at radius 3 is 2.50 bits per heavy atom. The van der Waals surface area contributed by atoms with Crippen molar-refractivity contribution in [3.63, 3.8) is 0 Å². The number of amides is 3. The molecule has 124 valence electrons. The molecule has 9 heteroatoms. The van der Waals surface area contributed by atoms with Crippen LogP contribution in [0.5, 0.6) is 0 Å². The van der Waals surface area contributed by atoms with Crippen molar-refractivity contribution in [3.05, 3.63) is 40.4 Å². The van der Waals surface area contributed by atoms with Crippen molar-refractivity contribution in [2.75, 3.05) is 18.5 Å². The van der Waals surface area contributed by atoms with Gasteiger partial charge in [0.1, 0.15) is 18.2 Å². The number of imide groups is 1. The van der Waals surface area contributed by atoms with Gasteiger partial charge >= 0.3 is 0 Å². The lowest BCUT2D eigenvalue weighted by Gasteiger charge is -2.12. The minimum Gasteiger partial charge on any atom is -0.374 e. The number of carbonyl (C=O) groups excluding carboxylic acids is 3. The third-order valence-corrected chi connectivity index (χ3v) is 4.13. The van der Waals surface area contributed by atoms with Crippen molar-refractivity contribution >= 4 is 34.2 Å². The highest BCUT2D eigenvalue weighted by atomic mass is 32.1. The number of ether oxygens (including phenoxy) is 1. The average molecular weight is 346 g/mol. The summed E-state index contributed by atoms with van der Waals surface area (Å²) in [4.78, 5) is 37.4. The van der Waals surface area contributed by atoms with E-state index in [1.54, 1.807) is 24.3 Å². The Bertz CT molecular complexity index is 769. The van der Waals surface area contributed by atoms with Crippen LogP contribution in [0.1, 0.15) is 32.6 Å². The molecule has 3 rings (SSSR count). The van der Waals surface area contributed by atoms with Gasteiger partial charge in [-0.15, -0.1) is 10.2 Å². The number of nitrogens with one attached hydrogen (secondary N) is 1. The van der Waals surface area contributed by atoms with Crippen LogP contribution < -0.4 is 5.32 Å². The van der Waals surface area contributed by atoms with Crippen LogP contribution in [-0.2, 0) is 16.1 Å². The van der Waals surface area contributed by atoms with Crippen LogP contribution in [-0.4, -0.2) is 46.0 Å². The molecule has 0 atom stereocenters. The van der Waals surface area contributed by atoms with Gasteiger partial charge in [-0.2, -0.15) is 0 Å². The maximum atomic E-state index is 12.2. The smallest absolute Gasteiger partial charge is 0.262 e. The van der Waals surface area contributed by atoms with E-state index in [2.05, 4.69) is 15.5 Å². The number of rotatable bonds is 6. The predicted molar refractivity (Wildman–Crippen MR) is 85.7 cm³/mol. The molecule has 0 aliphatic carbocycles. The molecular weight excluding hydrogens is 332 g/mol. The van der Waals surface area contributed by atoms with Gasteiger partial charge < -0.3 is 4.74 Å². The summed E-state index contributed by atoms with van der Waals surface area (Å²) in [6.45, 7) is 2.38. The predicted octanol–water partition coefficient (Wildman–Crippen LogP) is 1.31. The fourth-order valence-electron chi connectivity index (χ4n) is 2.24. The molecule has 24 heavy (non-hydrogen) atoms. The second kappa shape index (κ2) is 6.85. The van der Waals surface area contributed by atoms with Gasteiger partial charge in [-0.05, 0) is 19.1 Å². The Balaban J connectivity index is 1.63. The van der Waals surface area contributed by atoms with E-state index in [0.29, 0.717) is 34.5 Å². The lowest BCUT2D eigenvalue weighted by atomic mass is 10.1. The Labute approximate surface area is 141 Å². The third kappa shape index (κ3) is 3.17. The zero-order chi connectivity index (χ0) is 17.1. The first kappa shape index (κ1) is 16.2. The summed E-state index contributed by atoms with van der Waals surface area (Å²) in [6, 6.07) is 6.49. The van der Waals surface area contributed by atoms with Gasteiger partial charge in [0.15, 0.2) is 0 Å². The molecule has 3 amide bonds. The summed E-state index contributed by atoms with van der Waals surface area (Å²) < 4.78 is 5.21. The van der Waals surface area contributed by atoms with Gasteiger partial charge in [0, 0.05) is 6.61 Å². The summed E-state index contributed by atoms with van der Waals surface area (Å²) in [6.07, 6.45) is 0. The van der Waals surface area contributed by atoms with Gasteiger partial charge in [-0.1, -0.05) is 23.5 Å². The largest absolute Gasteiger partial charge is 0.374 e. The second-order valence-corrected chi connectivity index (χ2v) is 5.99.